The Labute approximate surface area is 86.1 Å². The van der Waals surface area contributed by atoms with Gasteiger partial charge in [0.25, 0.3) is 0 Å². The van der Waals surface area contributed by atoms with Gasteiger partial charge in [0.05, 0.1) is 19.0 Å². The standard InChI is InChI=1S/C10H9N3O2/c1-15-10(14)8-6-12-13-9(8)7-3-2-4-11-5-7/h2-6H,1H3,(H,12,13). The van der Waals surface area contributed by atoms with Crippen LogP contribution in [0.3, 0.4) is 0 Å². The number of hydrogen-bond acceptors (Lipinski definition) is 4. The Morgan fingerprint density at radius 1 is 1.47 bits per heavy atom. The van der Waals surface area contributed by atoms with Crippen molar-refractivity contribution in [2.45, 2.75) is 0 Å². The molecule has 0 unspecified atom stereocenters. The maximum absolute atomic E-state index is 11.4. The van der Waals surface area contributed by atoms with Gasteiger partial charge in [-0.3, -0.25) is 10.1 Å². The second-order valence-electron chi connectivity index (χ2n) is 2.89. The highest BCUT2D eigenvalue weighted by Gasteiger charge is 2.15. The third-order valence-electron chi connectivity index (χ3n) is 1.99. The normalized spacial score (nSPS) is 9.93. The summed E-state index contributed by atoms with van der Waals surface area (Å²) in [5, 5.41) is 6.56. The molecule has 5 nitrogen and oxygen atoms in total. The summed E-state index contributed by atoms with van der Waals surface area (Å²) >= 11 is 0. The molecule has 2 aromatic heterocycles. The molecule has 0 radical (unpaired) electrons. The molecular formula is C10H9N3O2. The number of esters is 1. The number of carbonyl (C=O) groups excluding carboxylic acids is 1. The van der Waals surface area contributed by atoms with Crippen LogP contribution in [-0.4, -0.2) is 28.3 Å². The first-order valence-corrected chi connectivity index (χ1v) is 4.35. The van der Waals surface area contributed by atoms with Crippen LogP contribution in [0.4, 0.5) is 0 Å². The topological polar surface area (TPSA) is 67.9 Å². The van der Waals surface area contributed by atoms with E-state index in [0.29, 0.717) is 11.3 Å². The first kappa shape index (κ1) is 9.39. The van der Waals surface area contributed by atoms with Crippen molar-refractivity contribution in [3.8, 4) is 11.3 Å². The second-order valence-corrected chi connectivity index (χ2v) is 2.89. The summed E-state index contributed by atoms with van der Waals surface area (Å²) in [6.45, 7) is 0. The third kappa shape index (κ3) is 1.71. The molecule has 2 rings (SSSR count). The summed E-state index contributed by atoms with van der Waals surface area (Å²) in [5.41, 5.74) is 1.83. The number of hydrogen-bond donors (Lipinski definition) is 1. The lowest BCUT2D eigenvalue weighted by molar-refractivity contribution is 0.0601. The molecule has 0 aliphatic carbocycles. The van der Waals surface area contributed by atoms with Crippen molar-refractivity contribution in [1.82, 2.24) is 15.2 Å². The highest BCUT2D eigenvalue weighted by atomic mass is 16.5. The number of nitrogens with one attached hydrogen (secondary N) is 1. The average molecular weight is 203 g/mol. The Hall–Kier alpha value is -2.17. The van der Waals surface area contributed by atoms with Crippen LogP contribution in [0.2, 0.25) is 0 Å². The van der Waals surface area contributed by atoms with Gasteiger partial charge in [0.15, 0.2) is 0 Å². The van der Waals surface area contributed by atoms with Crippen LogP contribution in [0.25, 0.3) is 11.3 Å². The van der Waals surface area contributed by atoms with E-state index in [2.05, 4.69) is 19.9 Å². The van der Waals surface area contributed by atoms with Crippen molar-refractivity contribution in [2.24, 2.45) is 0 Å². The van der Waals surface area contributed by atoms with E-state index in [-0.39, 0.29) is 0 Å². The first-order chi connectivity index (χ1) is 7.33. The lowest BCUT2D eigenvalue weighted by Gasteiger charge is -2.00. The van der Waals surface area contributed by atoms with Crippen molar-refractivity contribution in [1.29, 1.82) is 0 Å². The van der Waals surface area contributed by atoms with Gasteiger partial charge in [-0.1, -0.05) is 0 Å². The highest BCUT2D eigenvalue weighted by Crippen LogP contribution is 2.19. The number of aromatic nitrogens is 3. The van der Waals surface area contributed by atoms with Gasteiger partial charge >= 0.3 is 5.97 Å². The molecular weight excluding hydrogens is 194 g/mol. The zero-order chi connectivity index (χ0) is 10.7. The van der Waals surface area contributed by atoms with Crippen LogP contribution in [0.1, 0.15) is 10.4 Å². The third-order valence-corrected chi connectivity index (χ3v) is 1.99. The summed E-state index contributed by atoms with van der Waals surface area (Å²) in [6, 6.07) is 3.63. The molecule has 0 bridgehead atoms. The number of aromatic amines is 1. The SMILES string of the molecule is COC(=O)c1cn[nH]c1-c1cccnc1. The highest BCUT2D eigenvalue weighted by molar-refractivity contribution is 5.95. The average Bonchev–Trinajstić information content (AvgIpc) is 2.78. The van der Waals surface area contributed by atoms with Gasteiger partial charge < -0.3 is 4.74 Å². The van der Waals surface area contributed by atoms with Gasteiger partial charge in [-0.25, -0.2) is 4.79 Å². The van der Waals surface area contributed by atoms with E-state index in [1.807, 2.05) is 6.07 Å². The quantitative estimate of drug-likeness (QED) is 0.746. The van der Waals surface area contributed by atoms with Crippen molar-refractivity contribution in [3.05, 3.63) is 36.3 Å². The Bertz CT molecular complexity index is 465. The van der Waals surface area contributed by atoms with Gasteiger partial charge in [0.2, 0.25) is 0 Å². The van der Waals surface area contributed by atoms with Crippen LogP contribution >= 0.6 is 0 Å². The minimum absolute atomic E-state index is 0.408. The molecule has 76 valence electrons. The predicted octanol–water partition coefficient (Wildman–Crippen LogP) is 1.26. The van der Waals surface area contributed by atoms with Crippen molar-refractivity contribution >= 4 is 5.97 Å². The summed E-state index contributed by atoms with van der Waals surface area (Å²) in [6.07, 6.45) is 4.76. The molecule has 0 atom stereocenters. The van der Waals surface area contributed by atoms with Gasteiger partial charge in [-0.05, 0) is 12.1 Å². The number of nitrogens with zero attached hydrogens (tertiary/aromatic N) is 2. The molecule has 2 heterocycles. The smallest absolute Gasteiger partial charge is 0.341 e. The van der Waals surface area contributed by atoms with Gasteiger partial charge in [0.1, 0.15) is 5.56 Å². The molecule has 0 amide bonds. The Morgan fingerprint density at radius 3 is 3.00 bits per heavy atom. The summed E-state index contributed by atoms with van der Waals surface area (Å²) in [7, 11) is 1.34. The lowest BCUT2D eigenvalue weighted by Crippen LogP contribution is -2.01. The minimum Gasteiger partial charge on any atom is -0.465 e. The second kappa shape index (κ2) is 3.91. The lowest BCUT2D eigenvalue weighted by atomic mass is 10.1. The van der Waals surface area contributed by atoms with Gasteiger partial charge in [-0.15, -0.1) is 0 Å². The molecule has 2 aromatic rings. The molecule has 15 heavy (non-hydrogen) atoms. The fourth-order valence-electron chi connectivity index (χ4n) is 1.28. The minimum atomic E-state index is -0.414. The molecule has 0 aliphatic heterocycles. The number of ether oxygens (including phenoxy) is 1. The van der Waals surface area contributed by atoms with E-state index in [1.165, 1.54) is 13.3 Å². The number of pyridine rings is 1. The number of methoxy groups -OCH3 is 1. The van der Waals surface area contributed by atoms with E-state index in [9.17, 15) is 4.79 Å². The zero-order valence-electron chi connectivity index (χ0n) is 8.10. The molecule has 0 fully saturated rings. The van der Waals surface area contributed by atoms with E-state index in [4.69, 9.17) is 0 Å². The largest absolute Gasteiger partial charge is 0.465 e. The van der Waals surface area contributed by atoms with Crippen molar-refractivity contribution < 1.29 is 9.53 Å². The van der Waals surface area contributed by atoms with E-state index < -0.39 is 5.97 Å². The Morgan fingerprint density at radius 2 is 2.33 bits per heavy atom. The Balaban J connectivity index is 2.46. The fraction of sp³-hybridized carbons (Fsp3) is 0.100. The molecule has 0 aliphatic rings. The van der Waals surface area contributed by atoms with Gasteiger partial charge in [0, 0.05) is 18.0 Å². The fourth-order valence-corrected chi connectivity index (χ4v) is 1.28. The van der Waals surface area contributed by atoms with E-state index in [0.717, 1.165) is 5.56 Å². The molecule has 0 aromatic carbocycles. The summed E-state index contributed by atoms with van der Waals surface area (Å²) in [4.78, 5) is 15.3. The summed E-state index contributed by atoms with van der Waals surface area (Å²) < 4.78 is 4.64. The predicted molar refractivity (Wildman–Crippen MR) is 53.2 cm³/mol. The van der Waals surface area contributed by atoms with E-state index >= 15 is 0 Å². The Kier molecular flexibility index (Phi) is 2.45. The van der Waals surface area contributed by atoms with Crippen LogP contribution in [-0.2, 0) is 4.74 Å². The molecule has 0 saturated heterocycles. The summed E-state index contributed by atoms with van der Waals surface area (Å²) in [5.74, 6) is -0.414. The maximum atomic E-state index is 11.4. The van der Waals surface area contributed by atoms with Crippen LogP contribution < -0.4 is 0 Å². The van der Waals surface area contributed by atoms with Crippen LogP contribution in [0.5, 0.6) is 0 Å². The van der Waals surface area contributed by atoms with Crippen molar-refractivity contribution in [3.63, 3.8) is 0 Å². The monoisotopic (exact) mass is 203 g/mol. The number of H-pyrrole nitrogens is 1. The number of carbonyl (C=O) groups is 1. The molecule has 0 spiro atoms. The zero-order valence-corrected chi connectivity index (χ0v) is 8.10. The van der Waals surface area contributed by atoms with Gasteiger partial charge in [-0.2, -0.15) is 5.10 Å². The van der Waals surface area contributed by atoms with Crippen LogP contribution in [0.15, 0.2) is 30.7 Å². The first-order valence-electron chi connectivity index (χ1n) is 4.35. The number of rotatable bonds is 2. The molecule has 0 saturated carbocycles. The molecule has 1 N–H and O–H groups in total. The molecule has 5 heteroatoms. The van der Waals surface area contributed by atoms with Crippen molar-refractivity contribution in [2.75, 3.05) is 7.11 Å². The van der Waals surface area contributed by atoms with Crippen LogP contribution in [0, 0.1) is 0 Å². The maximum Gasteiger partial charge on any atom is 0.341 e. The van der Waals surface area contributed by atoms with E-state index in [1.54, 1.807) is 18.5 Å².